The van der Waals surface area contributed by atoms with Gasteiger partial charge in [0.1, 0.15) is 0 Å². The summed E-state index contributed by atoms with van der Waals surface area (Å²) in [5.41, 5.74) is 2.18. The Hall–Kier alpha value is -2.52. The number of sulfonamides is 1. The fraction of sp³-hybridized carbons (Fsp3) is 0.308. The van der Waals surface area contributed by atoms with Crippen molar-refractivity contribution in [3.05, 3.63) is 89.0 Å². The van der Waals surface area contributed by atoms with Gasteiger partial charge < -0.3 is 5.11 Å². The number of rotatable bonds is 5. The highest BCUT2D eigenvalue weighted by Gasteiger charge is 2.48. The Morgan fingerprint density at radius 2 is 1.59 bits per heavy atom. The third-order valence-electron chi connectivity index (χ3n) is 7.17. The quantitative estimate of drug-likeness (QED) is 0.555. The van der Waals surface area contributed by atoms with Crippen LogP contribution in [0.15, 0.2) is 81.4 Å². The lowest BCUT2D eigenvalue weighted by atomic mass is 9.72. The molecular weight excluding hydrogens is 470 g/mol. The summed E-state index contributed by atoms with van der Waals surface area (Å²) >= 11 is 0. The molecule has 0 saturated heterocycles. The lowest BCUT2D eigenvalue weighted by Crippen LogP contribution is -2.34. The predicted molar refractivity (Wildman–Crippen MR) is 129 cm³/mol. The molecular formula is C26H27NO5S2. The first-order chi connectivity index (χ1) is 16.2. The molecule has 1 fully saturated rings. The van der Waals surface area contributed by atoms with Gasteiger partial charge in [0.05, 0.1) is 20.8 Å². The summed E-state index contributed by atoms with van der Waals surface area (Å²) in [7, 11) is -7.94. The molecule has 2 N–H and O–H groups in total. The summed E-state index contributed by atoms with van der Waals surface area (Å²) in [4.78, 5) is 0.259. The normalized spacial score (nSPS) is 18.9. The van der Waals surface area contributed by atoms with Crippen molar-refractivity contribution in [1.82, 2.24) is 4.72 Å². The van der Waals surface area contributed by atoms with Crippen LogP contribution in [0.5, 0.6) is 0 Å². The zero-order chi connectivity index (χ0) is 24.1. The second-order valence-electron chi connectivity index (χ2n) is 9.18. The molecule has 34 heavy (non-hydrogen) atoms. The third kappa shape index (κ3) is 3.60. The molecule has 0 aromatic heterocycles. The maximum atomic E-state index is 13.6. The molecule has 3 aromatic rings. The van der Waals surface area contributed by atoms with E-state index < -0.39 is 31.4 Å². The van der Waals surface area contributed by atoms with Crippen LogP contribution in [0.25, 0.3) is 0 Å². The van der Waals surface area contributed by atoms with Crippen LogP contribution in [-0.4, -0.2) is 28.5 Å². The second kappa shape index (κ2) is 8.30. The molecule has 1 aliphatic heterocycles. The number of aryl methyl sites for hydroxylation is 1. The molecule has 1 heterocycles. The second-order valence-corrected chi connectivity index (χ2v) is 12.8. The van der Waals surface area contributed by atoms with Crippen LogP contribution in [0, 0.1) is 6.92 Å². The third-order valence-corrected chi connectivity index (χ3v) is 10.6. The number of nitrogens with one attached hydrogen (secondary N) is 1. The Morgan fingerprint density at radius 3 is 2.29 bits per heavy atom. The Labute approximate surface area is 200 Å². The Balaban J connectivity index is 1.58. The van der Waals surface area contributed by atoms with E-state index in [0.29, 0.717) is 16.7 Å². The zero-order valence-corrected chi connectivity index (χ0v) is 20.5. The highest BCUT2D eigenvalue weighted by molar-refractivity contribution is 7.92. The minimum Gasteiger partial charge on any atom is -0.387 e. The number of hydrogen-bond acceptors (Lipinski definition) is 5. The molecule has 1 unspecified atom stereocenters. The molecule has 1 aliphatic carbocycles. The molecule has 1 saturated carbocycles. The van der Waals surface area contributed by atoms with Gasteiger partial charge in [-0.3, -0.25) is 0 Å². The number of fused-ring (bicyclic) bond motifs is 4. The molecule has 6 nitrogen and oxygen atoms in total. The van der Waals surface area contributed by atoms with E-state index in [4.69, 9.17) is 0 Å². The summed E-state index contributed by atoms with van der Waals surface area (Å²) in [6.07, 6.45) is 2.63. The maximum Gasteiger partial charge on any atom is 0.240 e. The first-order valence-electron chi connectivity index (χ1n) is 11.4. The molecule has 3 aromatic carbocycles. The average Bonchev–Trinajstić information content (AvgIpc) is 3.33. The van der Waals surface area contributed by atoms with Gasteiger partial charge in [-0.25, -0.2) is 21.6 Å². The van der Waals surface area contributed by atoms with Gasteiger partial charge in [-0.1, -0.05) is 67.4 Å². The Kier molecular flexibility index (Phi) is 5.67. The molecule has 0 bridgehead atoms. The lowest BCUT2D eigenvalue weighted by molar-refractivity contribution is 0.182. The summed E-state index contributed by atoms with van der Waals surface area (Å²) < 4.78 is 56.2. The van der Waals surface area contributed by atoms with E-state index in [0.717, 1.165) is 31.2 Å². The smallest absolute Gasteiger partial charge is 0.240 e. The number of sulfone groups is 1. The molecule has 0 amide bonds. The van der Waals surface area contributed by atoms with E-state index >= 15 is 0 Å². The monoisotopic (exact) mass is 497 g/mol. The van der Waals surface area contributed by atoms with E-state index in [2.05, 4.69) is 4.72 Å². The fourth-order valence-electron chi connectivity index (χ4n) is 5.49. The fourth-order valence-corrected chi connectivity index (χ4v) is 8.72. The van der Waals surface area contributed by atoms with Crippen molar-refractivity contribution in [2.75, 3.05) is 6.54 Å². The van der Waals surface area contributed by atoms with Gasteiger partial charge in [-0.05, 0) is 54.2 Å². The number of aliphatic hydroxyl groups excluding tert-OH is 1. The van der Waals surface area contributed by atoms with E-state index in [1.807, 2.05) is 18.2 Å². The zero-order valence-electron chi connectivity index (χ0n) is 18.9. The average molecular weight is 498 g/mol. The predicted octanol–water partition coefficient (Wildman–Crippen LogP) is 4.01. The summed E-state index contributed by atoms with van der Waals surface area (Å²) in [6, 6.07) is 18.9. The van der Waals surface area contributed by atoms with Crippen molar-refractivity contribution in [3.63, 3.8) is 0 Å². The van der Waals surface area contributed by atoms with Crippen LogP contribution < -0.4 is 4.72 Å². The van der Waals surface area contributed by atoms with Gasteiger partial charge >= 0.3 is 0 Å². The Bertz CT molecular complexity index is 1460. The van der Waals surface area contributed by atoms with E-state index in [9.17, 15) is 21.9 Å². The molecule has 178 valence electrons. The highest BCUT2D eigenvalue weighted by atomic mass is 32.2. The van der Waals surface area contributed by atoms with Crippen molar-refractivity contribution in [2.24, 2.45) is 0 Å². The largest absolute Gasteiger partial charge is 0.387 e. The highest BCUT2D eigenvalue weighted by Crippen LogP contribution is 2.54. The topological polar surface area (TPSA) is 101 Å². The number of benzene rings is 3. The van der Waals surface area contributed by atoms with Crippen molar-refractivity contribution < 1.29 is 21.9 Å². The maximum absolute atomic E-state index is 13.6. The Morgan fingerprint density at radius 1 is 0.941 bits per heavy atom. The SMILES string of the molecule is Cc1cc2c(cc1S(=O)(=O)NCC(O)c1ccccc1)S(=O)(=O)c1ccccc1C21CCCC1. The van der Waals surface area contributed by atoms with Gasteiger partial charge in [-0.15, -0.1) is 0 Å². The van der Waals surface area contributed by atoms with E-state index in [1.54, 1.807) is 49.4 Å². The van der Waals surface area contributed by atoms with Crippen LogP contribution in [-0.2, 0) is 25.3 Å². The number of hydrogen-bond donors (Lipinski definition) is 2. The lowest BCUT2D eigenvalue weighted by Gasteiger charge is -2.38. The van der Waals surface area contributed by atoms with Gasteiger partial charge in [0.15, 0.2) is 0 Å². The van der Waals surface area contributed by atoms with Crippen molar-refractivity contribution in [3.8, 4) is 0 Å². The van der Waals surface area contributed by atoms with E-state index in [-0.39, 0.29) is 21.2 Å². The van der Waals surface area contributed by atoms with Crippen molar-refractivity contribution in [2.45, 2.75) is 58.8 Å². The first kappa shape index (κ1) is 23.2. The van der Waals surface area contributed by atoms with Gasteiger partial charge in [0.2, 0.25) is 19.9 Å². The molecule has 1 atom stereocenters. The number of aliphatic hydroxyl groups is 1. The molecule has 2 aliphatic rings. The summed E-state index contributed by atoms with van der Waals surface area (Å²) in [5.74, 6) is 0. The van der Waals surface area contributed by atoms with Crippen LogP contribution in [0.2, 0.25) is 0 Å². The molecule has 0 radical (unpaired) electrons. The van der Waals surface area contributed by atoms with Gasteiger partial charge in [-0.2, -0.15) is 0 Å². The molecule has 5 rings (SSSR count). The molecule has 1 spiro atoms. The van der Waals surface area contributed by atoms with Crippen LogP contribution >= 0.6 is 0 Å². The van der Waals surface area contributed by atoms with Crippen molar-refractivity contribution >= 4 is 19.9 Å². The van der Waals surface area contributed by atoms with Crippen LogP contribution in [0.1, 0.15) is 54.0 Å². The van der Waals surface area contributed by atoms with Crippen LogP contribution in [0.4, 0.5) is 0 Å². The van der Waals surface area contributed by atoms with Crippen LogP contribution in [0.3, 0.4) is 0 Å². The van der Waals surface area contributed by atoms with Crippen molar-refractivity contribution in [1.29, 1.82) is 0 Å². The minimum atomic E-state index is -4.06. The molecule has 8 heteroatoms. The standard InChI is InChI=1S/C26H27NO5S2/c1-18-15-21-25(16-24(18)34(31,32)27-17-22(28)19-9-3-2-4-10-19)33(29,30)23-12-6-5-11-20(23)26(21)13-7-8-14-26/h2-6,9-12,15-16,22,27-28H,7-8,13-14,17H2,1H3. The first-order valence-corrected chi connectivity index (χ1v) is 14.4. The minimum absolute atomic E-state index is 0.0719. The summed E-state index contributed by atoms with van der Waals surface area (Å²) in [6.45, 7) is 1.47. The van der Waals surface area contributed by atoms with Gasteiger partial charge in [0.25, 0.3) is 0 Å². The summed E-state index contributed by atoms with van der Waals surface area (Å²) in [5, 5.41) is 10.4. The van der Waals surface area contributed by atoms with E-state index in [1.165, 1.54) is 6.07 Å². The van der Waals surface area contributed by atoms with Gasteiger partial charge in [0, 0.05) is 12.0 Å².